The largest absolute Gasteiger partial charge is 0.411 e. The number of ether oxygens (including phenoxy) is 1. The maximum atomic E-state index is 12.2. The van der Waals surface area contributed by atoms with Crippen molar-refractivity contribution in [1.82, 2.24) is 10.1 Å². The molecule has 8 heteroatoms. The fraction of sp³-hybridized carbons (Fsp3) is 0.222. The lowest BCUT2D eigenvalue weighted by Crippen LogP contribution is -2.16. The number of alkyl halides is 3. The van der Waals surface area contributed by atoms with Crippen LogP contribution in [0.15, 0.2) is 47.0 Å². The summed E-state index contributed by atoms with van der Waals surface area (Å²) in [4.78, 5) is 4.36. The highest BCUT2D eigenvalue weighted by Gasteiger charge is 2.27. The monoisotopic (exact) mass is 363 g/mol. The Bertz CT molecular complexity index is 907. The Hall–Kier alpha value is -2.87. The van der Waals surface area contributed by atoms with E-state index < -0.39 is 12.8 Å². The summed E-state index contributed by atoms with van der Waals surface area (Å²) in [5, 5.41) is 3.97. The molecule has 3 rings (SSSR count). The van der Waals surface area contributed by atoms with Crippen molar-refractivity contribution >= 4 is 5.69 Å². The maximum absolute atomic E-state index is 12.2. The number of nitrogens with zero attached hydrogens (tertiary/aromatic N) is 2. The summed E-state index contributed by atoms with van der Waals surface area (Å²) in [6, 6.07) is 12.2. The van der Waals surface area contributed by atoms with Crippen LogP contribution >= 0.6 is 0 Å². The number of anilines is 1. The molecule has 2 N–H and O–H groups in total. The van der Waals surface area contributed by atoms with Gasteiger partial charge in [-0.15, -0.1) is 0 Å². The number of halogens is 3. The summed E-state index contributed by atoms with van der Waals surface area (Å²) in [6.45, 7) is 0.401. The van der Waals surface area contributed by atoms with E-state index in [2.05, 4.69) is 14.9 Å². The van der Waals surface area contributed by atoms with E-state index in [9.17, 15) is 13.2 Å². The van der Waals surface area contributed by atoms with Crippen LogP contribution in [0.4, 0.5) is 18.9 Å². The lowest BCUT2D eigenvalue weighted by atomic mass is 10.1. The van der Waals surface area contributed by atoms with Crippen molar-refractivity contribution in [3.05, 3.63) is 53.6 Å². The molecule has 0 atom stereocenters. The molecule has 0 aliphatic carbocycles. The Labute approximate surface area is 147 Å². The highest BCUT2D eigenvalue weighted by Crippen LogP contribution is 2.27. The number of aromatic nitrogens is 2. The Morgan fingerprint density at radius 3 is 2.69 bits per heavy atom. The summed E-state index contributed by atoms with van der Waals surface area (Å²) in [5.74, 6) is 0.656. The molecule has 1 heterocycles. The third-order valence-corrected chi connectivity index (χ3v) is 3.75. The maximum Gasteiger partial charge on any atom is 0.411 e. The normalized spacial score (nSPS) is 11.7. The van der Waals surface area contributed by atoms with Crippen LogP contribution in [-0.4, -0.2) is 22.9 Å². The van der Waals surface area contributed by atoms with Gasteiger partial charge in [0.05, 0.1) is 6.61 Å². The molecule has 0 aliphatic rings. The van der Waals surface area contributed by atoms with E-state index in [4.69, 9.17) is 10.3 Å². The Morgan fingerprint density at radius 1 is 1.15 bits per heavy atom. The highest BCUT2D eigenvalue weighted by molar-refractivity contribution is 5.68. The van der Waals surface area contributed by atoms with Crippen molar-refractivity contribution in [2.75, 3.05) is 12.3 Å². The number of benzene rings is 2. The average molecular weight is 363 g/mol. The van der Waals surface area contributed by atoms with Gasteiger partial charge < -0.3 is 15.0 Å². The van der Waals surface area contributed by atoms with Crippen LogP contribution in [0.1, 0.15) is 11.1 Å². The van der Waals surface area contributed by atoms with E-state index in [-0.39, 0.29) is 12.5 Å². The lowest BCUT2D eigenvalue weighted by molar-refractivity contribution is -0.176. The molecule has 0 saturated heterocycles. The summed E-state index contributed by atoms with van der Waals surface area (Å²) in [5.41, 5.74) is 9.28. The highest BCUT2D eigenvalue weighted by atomic mass is 19.4. The molecular formula is C18H16F3N3O2. The predicted octanol–water partition coefficient (Wildman–Crippen LogP) is 4.37. The summed E-state index contributed by atoms with van der Waals surface area (Å²) < 4.78 is 46.4. The molecule has 0 fully saturated rings. The number of hydrogen-bond donors (Lipinski definition) is 1. The Kier molecular flexibility index (Phi) is 4.94. The van der Waals surface area contributed by atoms with Gasteiger partial charge in [0.2, 0.25) is 5.82 Å². The molecule has 0 radical (unpaired) electrons. The Morgan fingerprint density at radius 2 is 1.92 bits per heavy atom. The molecule has 0 unspecified atom stereocenters. The van der Waals surface area contributed by atoms with Gasteiger partial charge in [-0.3, -0.25) is 0 Å². The molecule has 136 valence electrons. The standard InChI is InChI=1S/C18H16F3N3O2/c1-11-14(6-3-7-15(11)22)16-23-17(26-24-16)13-5-2-4-12(8-13)9-25-10-18(19,20)21/h2-8H,9-10,22H2,1H3. The minimum Gasteiger partial charge on any atom is -0.398 e. The van der Waals surface area contributed by atoms with Gasteiger partial charge in [-0.25, -0.2) is 0 Å². The fourth-order valence-electron chi connectivity index (χ4n) is 2.42. The Balaban J connectivity index is 1.79. The minimum atomic E-state index is -4.35. The van der Waals surface area contributed by atoms with Crippen molar-refractivity contribution in [3.63, 3.8) is 0 Å². The van der Waals surface area contributed by atoms with Crippen LogP contribution in [0.25, 0.3) is 22.8 Å². The predicted molar refractivity (Wildman–Crippen MR) is 90.0 cm³/mol. The average Bonchev–Trinajstić information content (AvgIpc) is 3.06. The van der Waals surface area contributed by atoms with Crippen LogP contribution in [0.2, 0.25) is 0 Å². The molecular weight excluding hydrogens is 347 g/mol. The van der Waals surface area contributed by atoms with Gasteiger partial charge in [0.15, 0.2) is 0 Å². The molecule has 5 nitrogen and oxygen atoms in total. The smallest absolute Gasteiger partial charge is 0.398 e. The SMILES string of the molecule is Cc1c(N)cccc1-c1noc(-c2cccc(COCC(F)(F)F)c2)n1. The van der Waals surface area contributed by atoms with E-state index in [0.29, 0.717) is 22.6 Å². The first-order valence-corrected chi connectivity index (χ1v) is 7.76. The second-order valence-corrected chi connectivity index (χ2v) is 5.75. The van der Waals surface area contributed by atoms with Crippen LogP contribution in [-0.2, 0) is 11.3 Å². The molecule has 1 aromatic heterocycles. The van der Waals surface area contributed by atoms with Gasteiger partial charge in [0.1, 0.15) is 6.61 Å². The summed E-state index contributed by atoms with van der Waals surface area (Å²) in [6.07, 6.45) is -4.35. The molecule has 2 aromatic carbocycles. The number of hydrogen-bond acceptors (Lipinski definition) is 5. The zero-order valence-corrected chi connectivity index (χ0v) is 13.9. The molecule has 26 heavy (non-hydrogen) atoms. The topological polar surface area (TPSA) is 74.2 Å². The first-order chi connectivity index (χ1) is 12.3. The van der Waals surface area contributed by atoms with Gasteiger partial charge in [0, 0.05) is 16.8 Å². The van der Waals surface area contributed by atoms with E-state index in [0.717, 1.165) is 11.1 Å². The van der Waals surface area contributed by atoms with Crippen LogP contribution in [0.5, 0.6) is 0 Å². The van der Waals surface area contributed by atoms with Crippen molar-refractivity contribution in [2.45, 2.75) is 19.7 Å². The molecule has 3 aromatic rings. The van der Waals surface area contributed by atoms with Crippen molar-refractivity contribution in [1.29, 1.82) is 0 Å². The fourth-order valence-corrected chi connectivity index (χ4v) is 2.42. The van der Waals surface area contributed by atoms with Gasteiger partial charge in [-0.2, -0.15) is 18.2 Å². The molecule has 0 saturated carbocycles. The molecule has 0 bridgehead atoms. The lowest BCUT2D eigenvalue weighted by Gasteiger charge is -2.07. The van der Waals surface area contributed by atoms with Crippen molar-refractivity contribution < 1.29 is 22.4 Å². The molecule has 0 spiro atoms. The summed E-state index contributed by atoms with van der Waals surface area (Å²) >= 11 is 0. The molecule has 0 aliphatic heterocycles. The third kappa shape index (κ3) is 4.20. The van der Waals surface area contributed by atoms with E-state index in [1.807, 2.05) is 13.0 Å². The van der Waals surface area contributed by atoms with Crippen LogP contribution in [0.3, 0.4) is 0 Å². The number of nitrogen functional groups attached to an aromatic ring is 1. The molecule has 0 amide bonds. The number of rotatable bonds is 5. The zero-order valence-electron chi connectivity index (χ0n) is 13.9. The second-order valence-electron chi connectivity index (χ2n) is 5.75. The van der Waals surface area contributed by atoms with Gasteiger partial charge >= 0.3 is 6.18 Å². The van der Waals surface area contributed by atoms with E-state index in [1.54, 1.807) is 36.4 Å². The summed E-state index contributed by atoms with van der Waals surface area (Å²) in [7, 11) is 0. The van der Waals surface area contributed by atoms with Crippen LogP contribution < -0.4 is 5.73 Å². The van der Waals surface area contributed by atoms with Gasteiger partial charge in [-0.05, 0) is 36.2 Å². The van der Waals surface area contributed by atoms with Gasteiger partial charge in [0.25, 0.3) is 5.89 Å². The third-order valence-electron chi connectivity index (χ3n) is 3.75. The minimum absolute atomic E-state index is 0.164. The van der Waals surface area contributed by atoms with E-state index >= 15 is 0 Å². The first-order valence-electron chi connectivity index (χ1n) is 7.76. The van der Waals surface area contributed by atoms with Crippen LogP contribution in [0, 0.1) is 6.92 Å². The van der Waals surface area contributed by atoms with E-state index in [1.165, 1.54) is 0 Å². The first kappa shape index (κ1) is 17.9. The number of nitrogens with two attached hydrogens (primary N) is 1. The van der Waals surface area contributed by atoms with Crippen molar-refractivity contribution in [3.8, 4) is 22.8 Å². The second kappa shape index (κ2) is 7.17. The van der Waals surface area contributed by atoms with Gasteiger partial charge in [-0.1, -0.05) is 29.4 Å². The van der Waals surface area contributed by atoms with Crippen molar-refractivity contribution in [2.24, 2.45) is 0 Å². The zero-order chi connectivity index (χ0) is 18.7. The quantitative estimate of drug-likeness (QED) is 0.681.